The predicted molar refractivity (Wildman–Crippen MR) is 121 cm³/mol. The molecular formula is C21H23Cl2N5O2. The molecule has 1 N–H and O–H groups in total. The quantitative estimate of drug-likeness (QED) is 0.583. The van der Waals surface area contributed by atoms with E-state index in [2.05, 4.69) is 20.2 Å². The summed E-state index contributed by atoms with van der Waals surface area (Å²) >= 11 is 12.6. The van der Waals surface area contributed by atoms with Crippen LogP contribution < -0.4 is 10.9 Å². The van der Waals surface area contributed by atoms with Crippen LogP contribution >= 0.6 is 23.2 Å². The van der Waals surface area contributed by atoms with Crippen LogP contribution in [-0.4, -0.2) is 58.8 Å². The number of nitrogens with zero attached hydrogens (tertiary/aromatic N) is 4. The third kappa shape index (κ3) is 4.44. The number of morpholine rings is 1. The maximum Gasteiger partial charge on any atom is 0.259 e. The number of hydrogen-bond acceptors (Lipinski definition) is 6. The largest absolute Gasteiger partial charge is 0.379 e. The minimum atomic E-state index is -0.213. The van der Waals surface area contributed by atoms with E-state index in [9.17, 15) is 4.79 Å². The van der Waals surface area contributed by atoms with Crippen LogP contribution in [0.15, 0.2) is 35.3 Å². The lowest BCUT2D eigenvalue weighted by atomic mass is 10.1. The Morgan fingerprint density at radius 3 is 2.67 bits per heavy atom. The van der Waals surface area contributed by atoms with Crippen LogP contribution in [-0.2, 0) is 11.8 Å². The van der Waals surface area contributed by atoms with Crippen molar-refractivity contribution in [1.29, 1.82) is 0 Å². The highest BCUT2D eigenvalue weighted by Crippen LogP contribution is 2.33. The number of ether oxygens (including phenoxy) is 1. The van der Waals surface area contributed by atoms with E-state index in [4.69, 9.17) is 27.9 Å². The Balaban J connectivity index is 1.53. The van der Waals surface area contributed by atoms with E-state index >= 15 is 0 Å². The fourth-order valence-corrected chi connectivity index (χ4v) is 4.19. The summed E-state index contributed by atoms with van der Waals surface area (Å²) in [6.07, 6.45) is 2.69. The topological polar surface area (TPSA) is 72.3 Å². The number of benzene rings is 1. The minimum Gasteiger partial charge on any atom is -0.379 e. The van der Waals surface area contributed by atoms with Gasteiger partial charge >= 0.3 is 0 Å². The van der Waals surface area contributed by atoms with Crippen molar-refractivity contribution in [3.63, 3.8) is 0 Å². The van der Waals surface area contributed by atoms with Crippen LogP contribution in [0, 0.1) is 0 Å². The van der Waals surface area contributed by atoms with Crippen molar-refractivity contribution in [3.05, 3.63) is 50.9 Å². The van der Waals surface area contributed by atoms with Gasteiger partial charge in [-0.15, -0.1) is 0 Å². The first-order chi connectivity index (χ1) is 14.5. The number of aryl methyl sites for hydroxylation is 1. The number of pyridine rings is 1. The zero-order valence-corrected chi connectivity index (χ0v) is 18.2. The lowest BCUT2D eigenvalue weighted by Crippen LogP contribution is -2.37. The Labute approximate surface area is 184 Å². The van der Waals surface area contributed by atoms with Gasteiger partial charge in [-0.05, 0) is 31.2 Å². The predicted octanol–water partition coefficient (Wildman–Crippen LogP) is 3.44. The van der Waals surface area contributed by atoms with Gasteiger partial charge in [0, 0.05) is 43.8 Å². The summed E-state index contributed by atoms with van der Waals surface area (Å²) in [6, 6.07) is 6.92. The maximum absolute atomic E-state index is 13.0. The van der Waals surface area contributed by atoms with Gasteiger partial charge in [0.2, 0.25) is 5.95 Å². The first kappa shape index (κ1) is 21.1. The number of rotatable bonds is 6. The van der Waals surface area contributed by atoms with Crippen molar-refractivity contribution in [2.45, 2.75) is 6.42 Å². The van der Waals surface area contributed by atoms with Crippen LogP contribution in [0.3, 0.4) is 0 Å². The van der Waals surface area contributed by atoms with E-state index < -0.39 is 0 Å². The minimum absolute atomic E-state index is 0.213. The summed E-state index contributed by atoms with van der Waals surface area (Å²) in [6.45, 7) is 5.32. The van der Waals surface area contributed by atoms with Gasteiger partial charge in [-0.1, -0.05) is 29.3 Å². The lowest BCUT2D eigenvalue weighted by molar-refractivity contribution is 0.0378. The second-order valence-electron chi connectivity index (χ2n) is 7.23. The second-order valence-corrected chi connectivity index (χ2v) is 8.04. The molecule has 1 saturated heterocycles. The number of anilines is 1. The van der Waals surface area contributed by atoms with Gasteiger partial charge in [0.1, 0.15) is 5.65 Å². The molecule has 0 amide bonds. The summed E-state index contributed by atoms with van der Waals surface area (Å²) in [4.78, 5) is 24.3. The number of fused-ring (bicyclic) bond motifs is 1. The average Bonchev–Trinajstić information content (AvgIpc) is 2.75. The van der Waals surface area contributed by atoms with E-state index in [-0.39, 0.29) is 5.56 Å². The third-order valence-electron chi connectivity index (χ3n) is 5.22. The highest BCUT2D eigenvalue weighted by molar-refractivity contribution is 6.39. The number of hydrogen-bond donors (Lipinski definition) is 1. The molecule has 1 aliphatic heterocycles. The van der Waals surface area contributed by atoms with E-state index in [0.29, 0.717) is 32.8 Å². The van der Waals surface area contributed by atoms with Crippen molar-refractivity contribution >= 4 is 40.2 Å². The van der Waals surface area contributed by atoms with Gasteiger partial charge in [-0.25, -0.2) is 4.98 Å². The Bertz CT molecular complexity index is 1090. The molecule has 0 radical (unpaired) electrons. The Kier molecular flexibility index (Phi) is 6.53. The van der Waals surface area contributed by atoms with Crippen LogP contribution in [0.2, 0.25) is 10.0 Å². The van der Waals surface area contributed by atoms with Gasteiger partial charge in [0.05, 0.1) is 28.8 Å². The molecule has 1 fully saturated rings. The zero-order chi connectivity index (χ0) is 21.1. The Morgan fingerprint density at radius 1 is 1.20 bits per heavy atom. The van der Waals surface area contributed by atoms with Crippen LogP contribution in [0.4, 0.5) is 5.95 Å². The van der Waals surface area contributed by atoms with Crippen molar-refractivity contribution in [1.82, 2.24) is 19.4 Å². The fourth-order valence-electron chi connectivity index (χ4n) is 3.59. The number of aromatic nitrogens is 3. The van der Waals surface area contributed by atoms with Crippen molar-refractivity contribution in [3.8, 4) is 11.1 Å². The lowest BCUT2D eigenvalue weighted by Gasteiger charge is -2.26. The molecule has 0 aliphatic carbocycles. The van der Waals surface area contributed by atoms with Crippen molar-refractivity contribution < 1.29 is 4.74 Å². The third-order valence-corrected chi connectivity index (χ3v) is 5.85. The van der Waals surface area contributed by atoms with Crippen LogP contribution in [0.1, 0.15) is 6.42 Å². The molecule has 9 heteroatoms. The maximum atomic E-state index is 13.0. The molecule has 30 heavy (non-hydrogen) atoms. The van der Waals surface area contributed by atoms with E-state index in [1.807, 2.05) is 0 Å². The molecule has 158 valence electrons. The molecule has 0 saturated carbocycles. The molecule has 1 aliphatic rings. The summed E-state index contributed by atoms with van der Waals surface area (Å²) in [7, 11) is 1.69. The summed E-state index contributed by atoms with van der Waals surface area (Å²) < 4.78 is 6.87. The van der Waals surface area contributed by atoms with Crippen molar-refractivity contribution in [2.75, 3.05) is 44.7 Å². The Morgan fingerprint density at radius 2 is 1.93 bits per heavy atom. The molecule has 0 spiro atoms. The van der Waals surface area contributed by atoms with Crippen LogP contribution in [0.25, 0.3) is 22.2 Å². The van der Waals surface area contributed by atoms with Crippen molar-refractivity contribution in [2.24, 2.45) is 7.05 Å². The normalized spacial score (nSPS) is 14.9. The van der Waals surface area contributed by atoms with E-state index in [0.717, 1.165) is 51.2 Å². The summed E-state index contributed by atoms with van der Waals surface area (Å²) in [5.74, 6) is 0.503. The molecule has 7 nitrogen and oxygen atoms in total. The molecule has 2 aromatic heterocycles. The molecule has 1 aromatic carbocycles. The molecular weight excluding hydrogens is 425 g/mol. The highest BCUT2D eigenvalue weighted by atomic mass is 35.5. The molecule has 0 bridgehead atoms. The number of nitrogens with one attached hydrogen (secondary N) is 1. The molecule has 0 atom stereocenters. The van der Waals surface area contributed by atoms with Gasteiger partial charge in [0.15, 0.2) is 0 Å². The van der Waals surface area contributed by atoms with Crippen LogP contribution in [0.5, 0.6) is 0 Å². The summed E-state index contributed by atoms with van der Waals surface area (Å²) in [5, 5.41) is 4.85. The van der Waals surface area contributed by atoms with Gasteiger partial charge in [-0.2, -0.15) is 4.98 Å². The molecule has 0 unspecified atom stereocenters. The van der Waals surface area contributed by atoms with Gasteiger partial charge in [-0.3, -0.25) is 14.3 Å². The standard InChI is InChI=1S/C21H23Cl2N5O2/c1-27-19-14(12-15(20(27)29)18-16(22)4-2-5-17(18)23)13-25-21(26-19)24-6-3-7-28-8-10-30-11-9-28/h2,4-5,12-13H,3,6-11H2,1H3,(H,24,25,26). The average molecular weight is 448 g/mol. The molecule has 3 aromatic rings. The zero-order valence-electron chi connectivity index (χ0n) is 16.7. The highest BCUT2D eigenvalue weighted by Gasteiger charge is 2.16. The first-order valence-electron chi connectivity index (χ1n) is 9.90. The van der Waals surface area contributed by atoms with Gasteiger partial charge in [0.25, 0.3) is 5.56 Å². The molecule has 3 heterocycles. The SMILES string of the molecule is Cn1c(=O)c(-c2c(Cl)cccc2Cl)cc2cnc(NCCCN3CCOCC3)nc21. The smallest absolute Gasteiger partial charge is 0.259 e. The molecule has 4 rings (SSSR count). The number of halogens is 2. The second kappa shape index (κ2) is 9.31. The monoisotopic (exact) mass is 447 g/mol. The van der Waals surface area contributed by atoms with Gasteiger partial charge < -0.3 is 10.1 Å². The van der Waals surface area contributed by atoms with E-state index in [1.165, 1.54) is 4.57 Å². The fraction of sp³-hybridized carbons (Fsp3) is 0.381. The van der Waals surface area contributed by atoms with E-state index in [1.54, 1.807) is 37.5 Å². The summed E-state index contributed by atoms with van der Waals surface area (Å²) in [5.41, 5.74) is 1.29. The Hall–Kier alpha value is -2.19. The first-order valence-corrected chi connectivity index (χ1v) is 10.7.